The molecule has 1 heterocycles. The molecule has 0 radical (unpaired) electrons. The fourth-order valence-corrected chi connectivity index (χ4v) is 1.69. The maximum absolute atomic E-state index is 11.1. The number of nitro benzene ring substituents is 1. The number of hydrogen-bond acceptors (Lipinski definition) is 6. The van der Waals surface area contributed by atoms with Gasteiger partial charge in [0.15, 0.2) is 5.75 Å². The molecule has 2 aromatic rings. The summed E-state index contributed by atoms with van der Waals surface area (Å²) >= 11 is 0. The van der Waals surface area contributed by atoms with Crippen LogP contribution in [0.5, 0.6) is 11.5 Å². The van der Waals surface area contributed by atoms with Crippen LogP contribution in [0.25, 0.3) is 11.0 Å². The van der Waals surface area contributed by atoms with Crippen molar-refractivity contribution in [1.82, 2.24) is 0 Å². The SMILES string of the molecule is COc1c([N+](=O)[O-])cc2oc(=O)ccc2c1OC. The van der Waals surface area contributed by atoms with Gasteiger partial charge >= 0.3 is 11.3 Å². The van der Waals surface area contributed by atoms with Crippen LogP contribution in [0.4, 0.5) is 5.69 Å². The largest absolute Gasteiger partial charge is 0.492 e. The van der Waals surface area contributed by atoms with E-state index in [-0.39, 0.29) is 22.8 Å². The number of nitro groups is 1. The molecule has 0 aliphatic carbocycles. The molecule has 0 unspecified atom stereocenters. The molecule has 1 aromatic carbocycles. The molecular weight excluding hydrogens is 242 g/mol. The van der Waals surface area contributed by atoms with E-state index >= 15 is 0 Å². The highest BCUT2D eigenvalue weighted by Crippen LogP contribution is 2.42. The third-order valence-corrected chi connectivity index (χ3v) is 2.42. The van der Waals surface area contributed by atoms with E-state index in [4.69, 9.17) is 13.9 Å². The van der Waals surface area contributed by atoms with Crippen molar-refractivity contribution in [2.75, 3.05) is 14.2 Å². The molecule has 1 aromatic heterocycles. The van der Waals surface area contributed by atoms with Crippen LogP contribution in [0, 0.1) is 10.1 Å². The molecule has 0 amide bonds. The zero-order chi connectivity index (χ0) is 13.3. The lowest BCUT2D eigenvalue weighted by molar-refractivity contribution is -0.385. The minimum atomic E-state index is -0.631. The number of nitrogens with zero attached hydrogens (tertiary/aromatic N) is 1. The van der Waals surface area contributed by atoms with Crippen molar-refractivity contribution >= 4 is 16.7 Å². The summed E-state index contributed by atoms with van der Waals surface area (Å²) in [4.78, 5) is 21.4. The number of ether oxygens (including phenoxy) is 2. The van der Waals surface area contributed by atoms with E-state index in [9.17, 15) is 14.9 Å². The first-order valence-electron chi connectivity index (χ1n) is 4.91. The van der Waals surface area contributed by atoms with Crippen molar-refractivity contribution in [3.05, 3.63) is 38.7 Å². The van der Waals surface area contributed by atoms with Crippen LogP contribution in [0.2, 0.25) is 0 Å². The Balaban J connectivity index is 2.94. The van der Waals surface area contributed by atoms with Gasteiger partial charge < -0.3 is 13.9 Å². The lowest BCUT2D eigenvalue weighted by Gasteiger charge is -2.09. The molecule has 0 fully saturated rings. The van der Waals surface area contributed by atoms with Crippen molar-refractivity contribution in [2.24, 2.45) is 0 Å². The Morgan fingerprint density at radius 2 is 1.89 bits per heavy atom. The van der Waals surface area contributed by atoms with Crippen LogP contribution < -0.4 is 15.1 Å². The fraction of sp³-hybridized carbons (Fsp3) is 0.182. The summed E-state index contributed by atoms with van der Waals surface area (Å²) in [6.45, 7) is 0. The average Bonchev–Trinajstić information content (AvgIpc) is 2.35. The minimum absolute atomic E-state index is 0.0103. The predicted molar refractivity (Wildman–Crippen MR) is 62.2 cm³/mol. The summed E-state index contributed by atoms with van der Waals surface area (Å²) < 4.78 is 15.0. The molecule has 7 nitrogen and oxygen atoms in total. The van der Waals surface area contributed by atoms with Gasteiger partial charge in [0, 0.05) is 6.07 Å². The number of hydrogen-bond donors (Lipinski definition) is 0. The summed E-state index contributed by atoms with van der Waals surface area (Å²) in [5, 5.41) is 11.4. The predicted octanol–water partition coefficient (Wildman–Crippen LogP) is 1.72. The Hall–Kier alpha value is -2.57. The first kappa shape index (κ1) is 11.9. The standard InChI is InChI=1S/C11H9NO6/c1-16-10-6-3-4-9(13)18-8(6)5-7(12(14)15)11(10)17-2/h3-5H,1-2H3. The van der Waals surface area contributed by atoms with Gasteiger partial charge in [-0.2, -0.15) is 0 Å². The Morgan fingerprint density at radius 3 is 2.44 bits per heavy atom. The van der Waals surface area contributed by atoms with Crippen LogP contribution in [0.1, 0.15) is 0 Å². The van der Waals surface area contributed by atoms with E-state index in [0.717, 1.165) is 6.07 Å². The molecule has 0 bridgehead atoms. The highest BCUT2D eigenvalue weighted by atomic mass is 16.6. The minimum Gasteiger partial charge on any atom is -0.492 e. The van der Waals surface area contributed by atoms with Gasteiger partial charge in [-0.1, -0.05) is 0 Å². The summed E-state index contributed by atoms with van der Waals surface area (Å²) in [5.41, 5.74) is -0.841. The van der Waals surface area contributed by atoms with Crippen LogP contribution >= 0.6 is 0 Å². The third-order valence-electron chi connectivity index (χ3n) is 2.42. The van der Waals surface area contributed by atoms with Crippen molar-refractivity contribution in [3.8, 4) is 11.5 Å². The lowest BCUT2D eigenvalue weighted by atomic mass is 10.1. The second-order valence-electron chi connectivity index (χ2n) is 3.39. The van der Waals surface area contributed by atoms with E-state index in [1.54, 1.807) is 0 Å². The topological polar surface area (TPSA) is 91.8 Å². The van der Waals surface area contributed by atoms with Gasteiger partial charge in [-0.05, 0) is 6.07 Å². The van der Waals surface area contributed by atoms with Crippen LogP contribution in [0.3, 0.4) is 0 Å². The normalized spacial score (nSPS) is 10.3. The van der Waals surface area contributed by atoms with Gasteiger partial charge in [0.25, 0.3) is 0 Å². The number of fused-ring (bicyclic) bond motifs is 1. The Bertz CT molecular complexity index is 675. The highest BCUT2D eigenvalue weighted by Gasteiger charge is 2.24. The Morgan fingerprint density at radius 1 is 1.22 bits per heavy atom. The molecule has 0 aliphatic heterocycles. The molecule has 2 rings (SSSR count). The quantitative estimate of drug-likeness (QED) is 0.468. The second-order valence-corrected chi connectivity index (χ2v) is 3.39. The van der Waals surface area contributed by atoms with Gasteiger partial charge in [0.1, 0.15) is 5.58 Å². The van der Waals surface area contributed by atoms with Gasteiger partial charge in [-0.3, -0.25) is 10.1 Å². The van der Waals surface area contributed by atoms with Gasteiger partial charge in [-0.25, -0.2) is 4.79 Å². The molecule has 0 N–H and O–H groups in total. The smallest absolute Gasteiger partial charge is 0.336 e. The van der Waals surface area contributed by atoms with Crippen LogP contribution in [-0.4, -0.2) is 19.1 Å². The number of rotatable bonds is 3. The van der Waals surface area contributed by atoms with Gasteiger partial charge in [0.05, 0.1) is 30.6 Å². The molecule has 0 aliphatic rings. The molecule has 0 atom stereocenters. The molecule has 0 spiro atoms. The molecular formula is C11H9NO6. The van der Waals surface area contributed by atoms with E-state index < -0.39 is 10.5 Å². The monoisotopic (exact) mass is 251 g/mol. The molecule has 94 valence electrons. The van der Waals surface area contributed by atoms with Gasteiger partial charge in [-0.15, -0.1) is 0 Å². The van der Waals surface area contributed by atoms with Crippen LogP contribution in [0.15, 0.2) is 27.4 Å². The maximum Gasteiger partial charge on any atom is 0.336 e. The van der Waals surface area contributed by atoms with E-state index in [0.29, 0.717) is 5.39 Å². The van der Waals surface area contributed by atoms with Crippen molar-refractivity contribution in [1.29, 1.82) is 0 Å². The summed E-state index contributed by atoms with van der Waals surface area (Å²) in [6.07, 6.45) is 0. The number of benzene rings is 1. The third kappa shape index (κ3) is 1.75. The summed E-state index contributed by atoms with van der Waals surface area (Å²) in [6, 6.07) is 3.81. The summed E-state index contributed by atoms with van der Waals surface area (Å²) in [7, 11) is 2.65. The first-order valence-corrected chi connectivity index (χ1v) is 4.91. The zero-order valence-electron chi connectivity index (χ0n) is 9.63. The first-order chi connectivity index (χ1) is 8.58. The molecule has 0 saturated carbocycles. The number of methoxy groups -OCH3 is 2. The van der Waals surface area contributed by atoms with E-state index in [1.165, 1.54) is 26.4 Å². The van der Waals surface area contributed by atoms with Crippen molar-refractivity contribution in [2.45, 2.75) is 0 Å². The average molecular weight is 251 g/mol. The molecule has 18 heavy (non-hydrogen) atoms. The van der Waals surface area contributed by atoms with Crippen molar-refractivity contribution < 1.29 is 18.8 Å². The fourth-order valence-electron chi connectivity index (χ4n) is 1.69. The highest BCUT2D eigenvalue weighted by molar-refractivity contribution is 5.90. The summed E-state index contributed by atoms with van der Waals surface area (Å²) in [5.74, 6) is 0.147. The van der Waals surface area contributed by atoms with Crippen LogP contribution in [-0.2, 0) is 0 Å². The molecule has 7 heteroatoms. The van der Waals surface area contributed by atoms with E-state index in [1.807, 2.05) is 0 Å². The second kappa shape index (κ2) is 4.36. The van der Waals surface area contributed by atoms with E-state index in [2.05, 4.69) is 0 Å². The molecule has 0 saturated heterocycles. The Kier molecular flexibility index (Phi) is 2.88. The van der Waals surface area contributed by atoms with Crippen molar-refractivity contribution in [3.63, 3.8) is 0 Å². The van der Waals surface area contributed by atoms with Gasteiger partial charge in [0.2, 0.25) is 5.75 Å². The Labute approximate surface area is 101 Å². The zero-order valence-corrected chi connectivity index (χ0v) is 9.63. The maximum atomic E-state index is 11.1. The lowest BCUT2D eigenvalue weighted by Crippen LogP contribution is -2.00.